The van der Waals surface area contributed by atoms with Crippen LogP contribution < -0.4 is 4.90 Å². The highest BCUT2D eigenvalue weighted by molar-refractivity contribution is 5.88. The first-order valence-corrected chi connectivity index (χ1v) is 6.10. The minimum Gasteiger partial charge on any atom is -0.361 e. The van der Waals surface area contributed by atoms with Crippen LogP contribution in [0.5, 0.6) is 0 Å². The molecule has 1 heterocycles. The first-order chi connectivity index (χ1) is 7.75. The van der Waals surface area contributed by atoms with E-state index >= 15 is 0 Å². The zero-order chi connectivity index (χ0) is 11.1. The zero-order valence-electron chi connectivity index (χ0n) is 9.65. The van der Waals surface area contributed by atoms with Gasteiger partial charge in [0.2, 0.25) is 0 Å². The second kappa shape index (κ2) is 3.62. The van der Waals surface area contributed by atoms with Gasteiger partial charge >= 0.3 is 0 Å². The van der Waals surface area contributed by atoms with Gasteiger partial charge in [0.1, 0.15) is 0 Å². The Morgan fingerprint density at radius 3 is 2.81 bits per heavy atom. The molecular formula is C14H17NO. The van der Waals surface area contributed by atoms with Crippen molar-refractivity contribution in [2.75, 3.05) is 11.4 Å². The molecule has 1 aromatic carbocycles. The third kappa shape index (κ3) is 1.62. The monoisotopic (exact) mass is 215 g/mol. The van der Waals surface area contributed by atoms with Crippen molar-refractivity contribution in [1.82, 2.24) is 0 Å². The third-order valence-corrected chi connectivity index (χ3v) is 3.71. The Labute approximate surface area is 96.3 Å². The van der Waals surface area contributed by atoms with Crippen molar-refractivity contribution >= 4 is 11.5 Å². The van der Waals surface area contributed by atoms with Crippen molar-refractivity contribution in [3.63, 3.8) is 0 Å². The van der Waals surface area contributed by atoms with Crippen molar-refractivity contribution in [2.24, 2.45) is 5.92 Å². The molecule has 1 unspecified atom stereocenters. The Kier molecular flexibility index (Phi) is 2.23. The fourth-order valence-corrected chi connectivity index (χ4v) is 2.62. The van der Waals surface area contributed by atoms with Gasteiger partial charge < -0.3 is 4.90 Å². The molecule has 0 spiro atoms. The van der Waals surface area contributed by atoms with Crippen LogP contribution in [-0.4, -0.2) is 18.4 Å². The van der Waals surface area contributed by atoms with Crippen molar-refractivity contribution in [3.8, 4) is 0 Å². The molecule has 2 aliphatic rings. The summed E-state index contributed by atoms with van der Waals surface area (Å²) in [5.74, 6) is 1.13. The number of Topliss-reactive ketones (excluding diaryl/α,β-unsaturated/α-hetero) is 1. The largest absolute Gasteiger partial charge is 0.361 e. The van der Waals surface area contributed by atoms with Crippen LogP contribution in [-0.2, 0) is 11.2 Å². The number of hydrogen-bond acceptors (Lipinski definition) is 2. The number of carbonyl (C=O) groups excluding carboxylic acids is 1. The van der Waals surface area contributed by atoms with Crippen LogP contribution in [0.3, 0.4) is 0 Å². The van der Waals surface area contributed by atoms with Gasteiger partial charge in [0.15, 0.2) is 5.78 Å². The molecule has 2 nitrogen and oxygen atoms in total. The number of rotatable bonds is 3. The van der Waals surface area contributed by atoms with Gasteiger partial charge in [-0.25, -0.2) is 0 Å². The van der Waals surface area contributed by atoms with Gasteiger partial charge in [-0.2, -0.15) is 0 Å². The van der Waals surface area contributed by atoms with Gasteiger partial charge in [-0.3, -0.25) is 4.79 Å². The molecule has 0 amide bonds. The second-order valence-electron chi connectivity index (χ2n) is 5.06. The molecule has 1 fully saturated rings. The lowest BCUT2D eigenvalue weighted by atomic mass is 10.1. The van der Waals surface area contributed by atoms with E-state index in [9.17, 15) is 4.79 Å². The topological polar surface area (TPSA) is 20.3 Å². The number of para-hydroxylation sites is 1. The molecule has 2 heteroatoms. The van der Waals surface area contributed by atoms with Gasteiger partial charge in [-0.05, 0) is 37.3 Å². The van der Waals surface area contributed by atoms with Gasteiger partial charge in [-0.15, -0.1) is 0 Å². The lowest BCUT2D eigenvalue weighted by molar-refractivity contribution is -0.118. The van der Waals surface area contributed by atoms with E-state index in [0.717, 1.165) is 18.9 Å². The summed E-state index contributed by atoms with van der Waals surface area (Å²) in [4.78, 5) is 14.0. The third-order valence-electron chi connectivity index (χ3n) is 3.71. The molecule has 1 saturated carbocycles. The molecule has 0 aromatic heterocycles. The first-order valence-electron chi connectivity index (χ1n) is 6.10. The quantitative estimate of drug-likeness (QED) is 0.771. The SMILES string of the molecule is CC(=O)C1Cc2ccccc2N1CC1CC1. The fourth-order valence-electron chi connectivity index (χ4n) is 2.62. The van der Waals surface area contributed by atoms with Crippen LogP contribution in [0.1, 0.15) is 25.3 Å². The summed E-state index contributed by atoms with van der Waals surface area (Å²) >= 11 is 0. The van der Waals surface area contributed by atoms with Gasteiger partial charge in [0.25, 0.3) is 0 Å². The summed E-state index contributed by atoms with van der Waals surface area (Å²) in [5, 5.41) is 0. The highest BCUT2D eigenvalue weighted by Gasteiger charge is 2.35. The molecule has 1 aromatic rings. The molecule has 0 N–H and O–H groups in total. The Balaban J connectivity index is 1.91. The minimum atomic E-state index is 0.0954. The van der Waals surface area contributed by atoms with E-state index in [-0.39, 0.29) is 6.04 Å². The standard InChI is InChI=1S/C14H17NO/c1-10(16)14-8-12-4-2-3-5-13(12)15(14)9-11-6-7-11/h2-5,11,14H,6-9H2,1H3. The van der Waals surface area contributed by atoms with Crippen LogP contribution in [0.2, 0.25) is 0 Å². The average Bonchev–Trinajstić information content (AvgIpc) is 3.00. The van der Waals surface area contributed by atoms with E-state index < -0.39 is 0 Å². The van der Waals surface area contributed by atoms with Gasteiger partial charge in [0, 0.05) is 18.7 Å². The van der Waals surface area contributed by atoms with Crippen molar-refractivity contribution < 1.29 is 4.79 Å². The van der Waals surface area contributed by atoms with Crippen LogP contribution in [0.4, 0.5) is 5.69 Å². The van der Waals surface area contributed by atoms with E-state index in [1.54, 1.807) is 6.92 Å². The molecule has 16 heavy (non-hydrogen) atoms. The van der Waals surface area contributed by atoms with E-state index in [1.165, 1.54) is 24.1 Å². The zero-order valence-corrected chi connectivity index (χ0v) is 9.65. The van der Waals surface area contributed by atoms with Crippen molar-refractivity contribution in [3.05, 3.63) is 29.8 Å². The number of ketones is 1. The summed E-state index contributed by atoms with van der Waals surface area (Å²) in [5.41, 5.74) is 2.62. The summed E-state index contributed by atoms with van der Waals surface area (Å²) in [6, 6.07) is 8.54. The molecule has 3 rings (SSSR count). The molecular weight excluding hydrogens is 198 g/mol. The average molecular weight is 215 g/mol. The van der Waals surface area contributed by atoms with Crippen molar-refractivity contribution in [1.29, 1.82) is 0 Å². The lowest BCUT2D eigenvalue weighted by Crippen LogP contribution is -2.38. The number of anilines is 1. The Bertz CT molecular complexity index is 422. The first kappa shape index (κ1) is 9.88. The van der Waals surface area contributed by atoms with Crippen LogP contribution in [0, 0.1) is 5.92 Å². The Morgan fingerprint density at radius 2 is 2.12 bits per heavy atom. The van der Waals surface area contributed by atoms with Crippen LogP contribution >= 0.6 is 0 Å². The summed E-state index contributed by atoms with van der Waals surface area (Å²) < 4.78 is 0. The molecule has 0 bridgehead atoms. The van der Waals surface area contributed by atoms with Crippen LogP contribution in [0.15, 0.2) is 24.3 Å². The van der Waals surface area contributed by atoms with Crippen molar-refractivity contribution in [2.45, 2.75) is 32.2 Å². The number of fused-ring (bicyclic) bond motifs is 1. The maximum absolute atomic E-state index is 11.7. The molecule has 0 radical (unpaired) electrons. The fraction of sp³-hybridized carbons (Fsp3) is 0.500. The molecule has 1 aliphatic heterocycles. The van der Waals surface area contributed by atoms with E-state index in [0.29, 0.717) is 5.78 Å². The summed E-state index contributed by atoms with van der Waals surface area (Å²) in [6.07, 6.45) is 3.57. The lowest BCUT2D eigenvalue weighted by Gasteiger charge is -2.25. The molecule has 1 aliphatic carbocycles. The maximum atomic E-state index is 11.7. The number of nitrogens with zero attached hydrogens (tertiary/aromatic N) is 1. The predicted molar refractivity (Wildman–Crippen MR) is 64.7 cm³/mol. The Morgan fingerprint density at radius 1 is 1.38 bits per heavy atom. The second-order valence-corrected chi connectivity index (χ2v) is 5.06. The molecule has 0 saturated heterocycles. The van der Waals surface area contributed by atoms with Gasteiger partial charge in [-0.1, -0.05) is 18.2 Å². The normalized spacial score (nSPS) is 23.3. The van der Waals surface area contributed by atoms with E-state index in [4.69, 9.17) is 0 Å². The minimum absolute atomic E-state index is 0.0954. The number of hydrogen-bond donors (Lipinski definition) is 0. The van der Waals surface area contributed by atoms with E-state index in [1.807, 2.05) is 0 Å². The van der Waals surface area contributed by atoms with E-state index in [2.05, 4.69) is 29.2 Å². The molecule has 84 valence electrons. The smallest absolute Gasteiger partial charge is 0.152 e. The maximum Gasteiger partial charge on any atom is 0.152 e. The highest BCUT2D eigenvalue weighted by atomic mass is 16.1. The predicted octanol–water partition coefficient (Wildman–Crippen LogP) is 2.42. The molecule has 1 atom stereocenters. The summed E-state index contributed by atoms with van der Waals surface area (Å²) in [6.45, 7) is 2.79. The van der Waals surface area contributed by atoms with Crippen LogP contribution in [0.25, 0.3) is 0 Å². The number of carbonyl (C=O) groups is 1. The summed E-state index contributed by atoms with van der Waals surface area (Å²) in [7, 11) is 0. The highest BCUT2D eigenvalue weighted by Crippen LogP contribution is 2.37. The van der Waals surface area contributed by atoms with Gasteiger partial charge in [0.05, 0.1) is 6.04 Å². The number of benzene rings is 1. The Hall–Kier alpha value is -1.31.